The van der Waals surface area contributed by atoms with Gasteiger partial charge in [-0.15, -0.1) is 0 Å². The number of fused-ring (bicyclic) bond motifs is 1. The number of furan rings is 1. The minimum Gasteiger partial charge on any atom is -0.482 e. The number of amides is 2. The second-order valence-electron chi connectivity index (χ2n) is 6.76. The van der Waals surface area contributed by atoms with E-state index in [-0.39, 0.29) is 25.0 Å². The van der Waals surface area contributed by atoms with Crippen LogP contribution in [0.25, 0.3) is 11.3 Å². The third kappa shape index (κ3) is 4.12. The molecule has 0 saturated carbocycles. The number of nitrogens with zero attached hydrogens (tertiary/aromatic N) is 2. The number of anilines is 1. The summed E-state index contributed by atoms with van der Waals surface area (Å²) in [5, 5.41) is 0.657. The highest BCUT2D eigenvalue weighted by atomic mass is 35.5. The van der Waals surface area contributed by atoms with Gasteiger partial charge < -0.3 is 14.1 Å². The molecule has 0 aliphatic carbocycles. The maximum absolute atomic E-state index is 12.7. The normalized spacial score (nSPS) is 13.0. The Morgan fingerprint density at radius 2 is 1.86 bits per heavy atom. The van der Waals surface area contributed by atoms with Gasteiger partial charge in [0.15, 0.2) is 6.61 Å². The van der Waals surface area contributed by atoms with Crippen molar-refractivity contribution in [2.75, 3.05) is 25.1 Å². The standard InChI is InChI=1S/C22H19ClN2O4/c1-24(12-17-10-11-19(29-17)15-6-8-16(23)9-7-15)21(26)13-25-18-4-2-3-5-20(18)28-14-22(25)27/h2-11H,12-14H2,1H3. The van der Waals surface area contributed by atoms with Gasteiger partial charge in [-0.1, -0.05) is 23.7 Å². The maximum atomic E-state index is 12.7. The summed E-state index contributed by atoms with van der Waals surface area (Å²) in [5.74, 6) is 1.52. The zero-order valence-corrected chi connectivity index (χ0v) is 16.6. The number of carbonyl (C=O) groups is 2. The van der Waals surface area contributed by atoms with Crippen molar-refractivity contribution in [3.63, 3.8) is 0 Å². The second kappa shape index (κ2) is 8.01. The van der Waals surface area contributed by atoms with E-state index in [2.05, 4.69) is 0 Å². The van der Waals surface area contributed by atoms with Crippen LogP contribution in [0.15, 0.2) is 65.1 Å². The van der Waals surface area contributed by atoms with E-state index in [1.165, 1.54) is 9.80 Å². The van der Waals surface area contributed by atoms with Gasteiger partial charge in [0.2, 0.25) is 5.91 Å². The third-order valence-electron chi connectivity index (χ3n) is 4.71. The Hall–Kier alpha value is -3.25. The molecule has 2 heterocycles. The number of benzene rings is 2. The summed E-state index contributed by atoms with van der Waals surface area (Å²) in [6, 6.07) is 18.2. The first-order valence-electron chi connectivity index (χ1n) is 9.12. The maximum Gasteiger partial charge on any atom is 0.265 e. The number of para-hydroxylation sites is 2. The number of hydrogen-bond acceptors (Lipinski definition) is 4. The Kier molecular flexibility index (Phi) is 5.27. The van der Waals surface area contributed by atoms with Gasteiger partial charge in [0.1, 0.15) is 23.8 Å². The van der Waals surface area contributed by atoms with Crippen LogP contribution in [-0.2, 0) is 16.1 Å². The molecule has 0 bridgehead atoms. The largest absolute Gasteiger partial charge is 0.482 e. The van der Waals surface area contributed by atoms with Crippen LogP contribution in [0.3, 0.4) is 0 Å². The van der Waals surface area contributed by atoms with Crippen molar-refractivity contribution in [2.24, 2.45) is 0 Å². The fourth-order valence-corrected chi connectivity index (χ4v) is 3.26. The zero-order valence-electron chi connectivity index (χ0n) is 15.8. The fraction of sp³-hybridized carbons (Fsp3) is 0.182. The quantitative estimate of drug-likeness (QED) is 0.638. The van der Waals surface area contributed by atoms with E-state index in [0.717, 1.165) is 5.56 Å². The van der Waals surface area contributed by atoms with Crippen molar-refractivity contribution < 1.29 is 18.7 Å². The topological polar surface area (TPSA) is 63.0 Å². The highest BCUT2D eigenvalue weighted by Gasteiger charge is 2.28. The summed E-state index contributed by atoms with van der Waals surface area (Å²) in [6.07, 6.45) is 0. The van der Waals surface area contributed by atoms with E-state index < -0.39 is 0 Å². The Labute approximate surface area is 173 Å². The molecule has 0 radical (unpaired) electrons. The number of carbonyl (C=O) groups excluding carboxylic acids is 2. The van der Waals surface area contributed by atoms with Gasteiger partial charge in [-0.25, -0.2) is 0 Å². The monoisotopic (exact) mass is 410 g/mol. The Bertz CT molecular complexity index is 1040. The molecule has 1 aliphatic rings. The van der Waals surface area contributed by atoms with E-state index in [0.29, 0.717) is 34.5 Å². The van der Waals surface area contributed by atoms with Gasteiger partial charge in [0, 0.05) is 17.6 Å². The summed E-state index contributed by atoms with van der Waals surface area (Å²) in [4.78, 5) is 28.0. The minimum atomic E-state index is -0.242. The van der Waals surface area contributed by atoms with E-state index in [1.54, 1.807) is 31.3 Å². The van der Waals surface area contributed by atoms with Crippen molar-refractivity contribution >= 4 is 29.1 Å². The third-order valence-corrected chi connectivity index (χ3v) is 4.96. The van der Waals surface area contributed by atoms with Gasteiger partial charge in [-0.2, -0.15) is 0 Å². The first kappa shape index (κ1) is 19.1. The molecule has 1 aliphatic heterocycles. The highest BCUT2D eigenvalue weighted by molar-refractivity contribution is 6.30. The highest BCUT2D eigenvalue weighted by Crippen LogP contribution is 2.31. The SMILES string of the molecule is CN(Cc1ccc(-c2ccc(Cl)cc2)o1)C(=O)CN1C(=O)COc2ccccc21. The summed E-state index contributed by atoms with van der Waals surface area (Å²) >= 11 is 5.92. The molecule has 4 rings (SSSR count). The Morgan fingerprint density at radius 1 is 1.10 bits per heavy atom. The molecule has 0 saturated heterocycles. The van der Waals surface area contributed by atoms with Gasteiger partial charge >= 0.3 is 0 Å². The van der Waals surface area contributed by atoms with E-state index in [1.807, 2.05) is 36.4 Å². The van der Waals surface area contributed by atoms with Gasteiger partial charge in [0.25, 0.3) is 5.91 Å². The van der Waals surface area contributed by atoms with Crippen LogP contribution in [-0.4, -0.2) is 36.9 Å². The molecule has 2 aromatic carbocycles. The van der Waals surface area contributed by atoms with E-state index in [4.69, 9.17) is 20.8 Å². The number of ether oxygens (including phenoxy) is 1. The summed E-state index contributed by atoms with van der Waals surface area (Å²) < 4.78 is 11.3. The predicted octanol–water partition coefficient (Wildman–Crippen LogP) is 3.98. The van der Waals surface area contributed by atoms with Gasteiger partial charge in [0.05, 0.1) is 12.2 Å². The molecule has 0 fully saturated rings. The molecule has 0 N–H and O–H groups in total. The van der Waals surface area contributed by atoms with E-state index >= 15 is 0 Å². The average molecular weight is 411 g/mol. The smallest absolute Gasteiger partial charge is 0.265 e. The molecule has 148 valence electrons. The summed E-state index contributed by atoms with van der Waals surface area (Å²) in [5.41, 5.74) is 1.51. The number of hydrogen-bond donors (Lipinski definition) is 0. The van der Waals surface area contributed by atoms with E-state index in [9.17, 15) is 9.59 Å². The lowest BCUT2D eigenvalue weighted by molar-refractivity contribution is -0.131. The fourth-order valence-electron chi connectivity index (χ4n) is 3.14. The van der Waals surface area contributed by atoms with Gasteiger partial charge in [-0.3, -0.25) is 14.5 Å². The van der Waals surface area contributed by atoms with Crippen molar-refractivity contribution in [3.8, 4) is 17.1 Å². The van der Waals surface area contributed by atoms with Crippen LogP contribution in [0.5, 0.6) is 5.75 Å². The van der Waals surface area contributed by atoms with Gasteiger partial charge in [-0.05, 0) is 48.5 Å². The van der Waals surface area contributed by atoms with Crippen LogP contribution in [0, 0.1) is 0 Å². The lowest BCUT2D eigenvalue weighted by Gasteiger charge is -2.30. The molecule has 3 aromatic rings. The van der Waals surface area contributed by atoms with Crippen LogP contribution in [0.2, 0.25) is 5.02 Å². The van der Waals surface area contributed by atoms with Crippen LogP contribution >= 0.6 is 11.6 Å². The molecular formula is C22H19ClN2O4. The first-order chi connectivity index (χ1) is 14.0. The molecule has 2 amide bonds. The van der Waals surface area contributed by atoms with Crippen LogP contribution in [0.4, 0.5) is 5.69 Å². The molecule has 7 heteroatoms. The Morgan fingerprint density at radius 3 is 2.66 bits per heavy atom. The van der Waals surface area contributed by atoms with Crippen molar-refractivity contribution in [3.05, 3.63) is 71.4 Å². The zero-order chi connectivity index (χ0) is 20.4. The molecule has 6 nitrogen and oxygen atoms in total. The Balaban J connectivity index is 1.43. The minimum absolute atomic E-state index is 0.0551. The summed E-state index contributed by atoms with van der Waals surface area (Å²) in [6.45, 7) is 0.170. The first-order valence-corrected chi connectivity index (χ1v) is 9.50. The molecule has 0 atom stereocenters. The van der Waals surface area contributed by atoms with Crippen molar-refractivity contribution in [1.29, 1.82) is 0 Å². The summed E-state index contributed by atoms with van der Waals surface area (Å²) in [7, 11) is 1.68. The number of halogens is 1. The molecular weight excluding hydrogens is 392 g/mol. The molecule has 0 unspecified atom stereocenters. The van der Waals surface area contributed by atoms with Crippen LogP contribution in [0.1, 0.15) is 5.76 Å². The average Bonchev–Trinajstić information content (AvgIpc) is 3.19. The number of rotatable bonds is 5. The predicted molar refractivity (Wildman–Crippen MR) is 110 cm³/mol. The van der Waals surface area contributed by atoms with Crippen molar-refractivity contribution in [2.45, 2.75) is 6.54 Å². The lowest BCUT2D eigenvalue weighted by Crippen LogP contribution is -2.45. The van der Waals surface area contributed by atoms with Crippen molar-refractivity contribution in [1.82, 2.24) is 4.90 Å². The molecule has 0 spiro atoms. The lowest BCUT2D eigenvalue weighted by atomic mass is 10.2. The van der Waals surface area contributed by atoms with Crippen LogP contribution < -0.4 is 9.64 Å². The molecule has 1 aromatic heterocycles. The number of likely N-dealkylation sites (N-methyl/N-ethyl adjacent to an activating group) is 1. The second-order valence-corrected chi connectivity index (χ2v) is 7.20. The molecule has 29 heavy (non-hydrogen) atoms.